The third-order valence-electron chi connectivity index (χ3n) is 4.84. The highest BCUT2D eigenvalue weighted by Gasteiger charge is 2.21. The van der Waals surface area contributed by atoms with Crippen LogP contribution >= 0.6 is 0 Å². The highest BCUT2D eigenvalue weighted by Crippen LogP contribution is 2.20. The van der Waals surface area contributed by atoms with Crippen LogP contribution in [-0.2, 0) is 9.53 Å². The van der Waals surface area contributed by atoms with Crippen LogP contribution in [-0.4, -0.2) is 50.3 Å². The molecular weight excluding hydrogens is 304 g/mol. The van der Waals surface area contributed by atoms with Gasteiger partial charge in [-0.05, 0) is 56.0 Å². The number of carbonyl (C=O) groups is 1. The molecule has 2 aliphatic heterocycles. The Kier molecular flexibility index (Phi) is 6.10. The van der Waals surface area contributed by atoms with Crippen molar-refractivity contribution in [2.24, 2.45) is 11.8 Å². The summed E-state index contributed by atoms with van der Waals surface area (Å²) in [5.74, 6) is 1.67. The van der Waals surface area contributed by atoms with E-state index in [1.165, 1.54) is 19.5 Å². The van der Waals surface area contributed by atoms with E-state index >= 15 is 0 Å². The van der Waals surface area contributed by atoms with Crippen molar-refractivity contribution in [3.05, 3.63) is 24.3 Å². The summed E-state index contributed by atoms with van der Waals surface area (Å²) < 4.78 is 11.2. The Labute approximate surface area is 144 Å². The molecule has 5 heteroatoms. The number of hydrogen-bond acceptors (Lipinski definition) is 4. The summed E-state index contributed by atoms with van der Waals surface area (Å²) in [4.78, 5) is 14.6. The second-order valence-corrected chi connectivity index (χ2v) is 6.97. The Morgan fingerprint density at radius 3 is 2.83 bits per heavy atom. The largest absolute Gasteiger partial charge is 0.492 e. The van der Waals surface area contributed by atoms with Crippen molar-refractivity contribution >= 4 is 11.6 Å². The van der Waals surface area contributed by atoms with E-state index in [0.717, 1.165) is 43.3 Å². The first-order valence-electron chi connectivity index (χ1n) is 9.04. The Hall–Kier alpha value is -1.59. The van der Waals surface area contributed by atoms with Gasteiger partial charge in [-0.2, -0.15) is 0 Å². The number of nitrogens with zero attached hydrogens (tertiary/aromatic N) is 1. The summed E-state index contributed by atoms with van der Waals surface area (Å²) in [5, 5.41) is 2.96. The number of amides is 1. The minimum atomic E-state index is -0.0301. The molecule has 1 aromatic carbocycles. The molecule has 2 fully saturated rings. The van der Waals surface area contributed by atoms with Gasteiger partial charge < -0.3 is 14.8 Å². The molecule has 2 atom stereocenters. The quantitative estimate of drug-likeness (QED) is 0.870. The summed E-state index contributed by atoms with van der Waals surface area (Å²) >= 11 is 0. The topological polar surface area (TPSA) is 50.8 Å². The lowest BCUT2D eigenvalue weighted by Gasteiger charge is -2.21. The van der Waals surface area contributed by atoms with Gasteiger partial charge in [0.1, 0.15) is 12.4 Å². The molecule has 5 nitrogen and oxygen atoms in total. The van der Waals surface area contributed by atoms with E-state index in [4.69, 9.17) is 9.47 Å². The van der Waals surface area contributed by atoms with Crippen molar-refractivity contribution in [3.63, 3.8) is 0 Å². The molecule has 1 amide bonds. The summed E-state index contributed by atoms with van der Waals surface area (Å²) in [6.07, 6.45) is 3.16. The summed E-state index contributed by atoms with van der Waals surface area (Å²) in [7, 11) is 0. The van der Waals surface area contributed by atoms with E-state index in [0.29, 0.717) is 13.2 Å². The predicted octanol–water partition coefficient (Wildman–Crippen LogP) is 2.77. The minimum absolute atomic E-state index is 0.0301. The summed E-state index contributed by atoms with van der Waals surface area (Å²) in [6.45, 7) is 7.64. The van der Waals surface area contributed by atoms with Gasteiger partial charge in [0.15, 0.2) is 0 Å². The van der Waals surface area contributed by atoms with Crippen molar-refractivity contribution in [2.75, 3.05) is 44.8 Å². The second-order valence-electron chi connectivity index (χ2n) is 6.97. The molecule has 2 saturated heterocycles. The molecule has 0 unspecified atom stereocenters. The normalized spacial score (nSPS) is 24.7. The molecular formula is C19H28N2O3. The van der Waals surface area contributed by atoms with Crippen LogP contribution in [0.1, 0.15) is 26.2 Å². The van der Waals surface area contributed by atoms with Crippen LogP contribution in [0.25, 0.3) is 0 Å². The third-order valence-corrected chi connectivity index (χ3v) is 4.84. The van der Waals surface area contributed by atoms with Gasteiger partial charge in [-0.3, -0.25) is 9.69 Å². The Bertz CT molecular complexity index is 526. The van der Waals surface area contributed by atoms with Crippen LogP contribution in [0, 0.1) is 11.8 Å². The van der Waals surface area contributed by atoms with Crippen LogP contribution in [0.3, 0.4) is 0 Å². The van der Waals surface area contributed by atoms with Crippen molar-refractivity contribution in [3.8, 4) is 5.75 Å². The van der Waals surface area contributed by atoms with E-state index in [-0.39, 0.29) is 11.8 Å². The second kappa shape index (κ2) is 8.49. The zero-order valence-electron chi connectivity index (χ0n) is 14.5. The molecule has 2 aliphatic rings. The standard InChI is InChI=1S/C19H28N2O3/c1-15-8-9-21(13-15)10-12-24-18-6-4-17(5-7-18)20-19(22)16-3-2-11-23-14-16/h4-7,15-16H,2-3,8-14H2,1H3,(H,20,22)/t15-,16+/m0/s1. The number of hydrogen-bond donors (Lipinski definition) is 1. The highest BCUT2D eigenvalue weighted by molar-refractivity contribution is 5.92. The van der Waals surface area contributed by atoms with E-state index in [9.17, 15) is 4.79 Å². The Morgan fingerprint density at radius 2 is 2.17 bits per heavy atom. The van der Waals surface area contributed by atoms with E-state index < -0.39 is 0 Å². The fourth-order valence-electron chi connectivity index (χ4n) is 3.35. The highest BCUT2D eigenvalue weighted by atomic mass is 16.5. The maximum absolute atomic E-state index is 12.2. The number of ether oxygens (including phenoxy) is 2. The number of nitrogens with one attached hydrogen (secondary N) is 1. The van der Waals surface area contributed by atoms with Gasteiger partial charge in [-0.15, -0.1) is 0 Å². The number of likely N-dealkylation sites (tertiary alicyclic amines) is 1. The lowest BCUT2D eigenvalue weighted by molar-refractivity contribution is -0.123. The lowest BCUT2D eigenvalue weighted by atomic mass is 10.0. The molecule has 0 aromatic heterocycles. The molecule has 1 N–H and O–H groups in total. The molecule has 0 spiro atoms. The van der Waals surface area contributed by atoms with Gasteiger partial charge in [0.05, 0.1) is 12.5 Å². The molecule has 2 heterocycles. The maximum atomic E-state index is 12.2. The Balaban J connectivity index is 1.40. The first-order chi connectivity index (χ1) is 11.7. The van der Waals surface area contributed by atoms with Crippen molar-refractivity contribution < 1.29 is 14.3 Å². The predicted molar refractivity (Wildman–Crippen MR) is 94.3 cm³/mol. The summed E-state index contributed by atoms with van der Waals surface area (Å²) in [6, 6.07) is 7.63. The van der Waals surface area contributed by atoms with E-state index in [1.54, 1.807) is 0 Å². The van der Waals surface area contributed by atoms with Crippen molar-refractivity contribution in [1.29, 1.82) is 0 Å². The fourth-order valence-corrected chi connectivity index (χ4v) is 3.35. The fraction of sp³-hybridized carbons (Fsp3) is 0.632. The van der Waals surface area contributed by atoms with Crippen LogP contribution in [0.2, 0.25) is 0 Å². The van der Waals surface area contributed by atoms with Gasteiger partial charge in [0, 0.05) is 25.4 Å². The first-order valence-corrected chi connectivity index (χ1v) is 9.04. The van der Waals surface area contributed by atoms with E-state index in [1.807, 2.05) is 24.3 Å². The zero-order valence-corrected chi connectivity index (χ0v) is 14.5. The van der Waals surface area contributed by atoms with E-state index in [2.05, 4.69) is 17.1 Å². The van der Waals surface area contributed by atoms with Crippen LogP contribution in [0.15, 0.2) is 24.3 Å². The number of carbonyl (C=O) groups excluding carboxylic acids is 1. The van der Waals surface area contributed by atoms with Gasteiger partial charge in [-0.25, -0.2) is 0 Å². The number of anilines is 1. The molecule has 1 aromatic rings. The Morgan fingerprint density at radius 1 is 1.33 bits per heavy atom. The molecule has 0 radical (unpaired) electrons. The van der Waals surface area contributed by atoms with Crippen molar-refractivity contribution in [1.82, 2.24) is 4.90 Å². The van der Waals surface area contributed by atoms with Gasteiger partial charge in [-0.1, -0.05) is 6.92 Å². The van der Waals surface area contributed by atoms with Gasteiger partial charge >= 0.3 is 0 Å². The molecule has 24 heavy (non-hydrogen) atoms. The SMILES string of the molecule is C[C@H]1CCN(CCOc2ccc(NC(=O)[C@@H]3CCCOC3)cc2)C1. The zero-order chi connectivity index (χ0) is 16.8. The average molecular weight is 332 g/mol. The molecule has 0 bridgehead atoms. The molecule has 0 aliphatic carbocycles. The maximum Gasteiger partial charge on any atom is 0.229 e. The smallest absolute Gasteiger partial charge is 0.229 e. The van der Waals surface area contributed by atoms with Crippen LogP contribution in [0.4, 0.5) is 5.69 Å². The van der Waals surface area contributed by atoms with Crippen LogP contribution in [0.5, 0.6) is 5.75 Å². The minimum Gasteiger partial charge on any atom is -0.492 e. The average Bonchev–Trinajstić information content (AvgIpc) is 3.02. The van der Waals surface area contributed by atoms with Gasteiger partial charge in [0.25, 0.3) is 0 Å². The molecule has 0 saturated carbocycles. The number of rotatable bonds is 6. The first kappa shape index (κ1) is 17.2. The third kappa shape index (κ3) is 4.95. The lowest BCUT2D eigenvalue weighted by Crippen LogP contribution is -2.30. The van der Waals surface area contributed by atoms with Gasteiger partial charge in [0.2, 0.25) is 5.91 Å². The molecule has 3 rings (SSSR count). The summed E-state index contributed by atoms with van der Waals surface area (Å²) in [5.41, 5.74) is 0.811. The van der Waals surface area contributed by atoms with Crippen molar-refractivity contribution in [2.45, 2.75) is 26.2 Å². The van der Waals surface area contributed by atoms with Crippen LogP contribution < -0.4 is 10.1 Å². The molecule has 132 valence electrons. The monoisotopic (exact) mass is 332 g/mol. The number of benzene rings is 1.